The maximum atomic E-state index is 8.53. The predicted octanol–water partition coefficient (Wildman–Crippen LogP) is -1.33. The van der Waals surface area contributed by atoms with E-state index in [1.54, 1.807) is 0 Å². The van der Waals surface area contributed by atoms with Gasteiger partial charge < -0.3 is 16.1 Å². The molecule has 0 spiro atoms. The Morgan fingerprint density at radius 1 is 1.62 bits per heavy atom. The summed E-state index contributed by atoms with van der Waals surface area (Å²) >= 11 is 0. The largest absolute Gasteiger partial charge is 0.394 e. The smallest absolute Gasteiger partial charge is 0.0984 e. The van der Waals surface area contributed by atoms with E-state index in [0.29, 0.717) is 0 Å². The second-order valence-electron chi connectivity index (χ2n) is 1.28. The molecule has 0 aromatic rings. The fourth-order valence-corrected chi connectivity index (χ4v) is 0.199. The third-order valence-corrected chi connectivity index (χ3v) is 0.585. The van der Waals surface area contributed by atoms with Crippen molar-refractivity contribution in [2.75, 3.05) is 13.2 Å². The summed E-state index contributed by atoms with van der Waals surface area (Å²) in [5.41, 5.74) is 0. The molecule has 8 heavy (non-hydrogen) atoms. The second kappa shape index (κ2) is 4.48. The quantitative estimate of drug-likeness (QED) is 0.244. The lowest BCUT2D eigenvalue weighted by Gasteiger charge is -1.97. The van der Waals surface area contributed by atoms with Crippen molar-refractivity contribution >= 4 is 0 Å². The summed E-state index contributed by atoms with van der Waals surface area (Å²) < 4.78 is 0. The Morgan fingerprint density at radius 3 is 2.62 bits per heavy atom. The number of nitrogens with two attached hydrogens (primary N) is 1. The first-order valence-corrected chi connectivity index (χ1v) is 2.17. The first-order valence-electron chi connectivity index (χ1n) is 2.17. The molecule has 0 aliphatic carbocycles. The average molecular weight is 119 g/mol. The van der Waals surface area contributed by atoms with Crippen molar-refractivity contribution in [3.63, 3.8) is 0 Å². The Kier molecular flexibility index (Phi) is 4.10. The normalized spacial score (nSPS) is 14.8. The lowest BCUT2D eigenvalue weighted by molar-refractivity contribution is 0.101. The van der Waals surface area contributed by atoms with E-state index < -0.39 is 6.10 Å². The molecule has 0 aromatic heterocycles. The van der Waals surface area contributed by atoms with Gasteiger partial charge in [0.25, 0.3) is 0 Å². The first kappa shape index (κ1) is 7.32. The van der Waals surface area contributed by atoms with E-state index >= 15 is 0 Å². The van der Waals surface area contributed by atoms with E-state index in [4.69, 9.17) is 10.2 Å². The molecule has 1 atom stereocenters. The SMILES string of the molecule is NN=NCC(O)CO. The highest BCUT2D eigenvalue weighted by Gasteiger charge is 1.96. The number of hydrogen-bond donors (Lipinski definition) is 3. The summed E-state index contributed by atoms with van der Waals surface area (Å²) in [4.78, 5) is 0. The molecule has 5 nitrogen and oxygen atoms in total. The van der Waals surface area contributed by atoms with Crippen LogP contribution in [0.1, 0.15) is 0 Å². The van der Waals surface area contributed by atoms with Crippen molar-refractivity contribution in [3.05, 3.63) is 0 Å². The first-order chi connectivity index (χ1) is 3.81. The third kappa shape index (κ3) is 3.51. The second-order valence-corrected chi connectivity index (χ2v) is 1.28. The third-order valence-electron chi connectivity index (χ3n) is 0.585. The molecule has 0 aliphatic heterocycles. The van der Waals surface area contributed by atoms with Crippen LogP contribution in [0.15, 0.2) is 10.3 Å². The zero-order valence-corrected chi connectivity index (χ0v) is 4.36. The van der Waals surface area contributed by atoms with E-state index in [2.05, 4.69) is 16.2 Å². The predicted molar refractivity (Wildman–Crippen MR) is 27.0 cm³/mol. The maximum absolute atomic E-state index is 8.53. The van der Waals surface area contributed by atoms with E-state index in [-0.39, 0.29) is 13.2 Å². The summed E-state index contributed by atoms with van der Waals surface area (Å²) in [6, 6.07) is 0. The van der Waals surface area contributed by atoms with Crippen LogP contribution in [0.5, 0.6) is 0 Å². The molecule has 0 aliphatic rings. The number of rotatable bonds is 3. The van der Waals surface area contributed by atoms with Crippen molar-refractivity contribution in [1.29, 1.82) is 0 Å². The van der Waals surface area contributed by atoms with Gasteiger partial charge in [-0.2, -0.15) is 5.11 Å². The highest BCUT2D eigenvalue weighted by atomic mass is 16.3. The molecule has 0 amide bonds. The van der Waals surface area contributed by atoms with Gasteiger partial charge in [0.1, 0.15) is 0 Å². The van der Waals surface area contributed by atoms with E-state index in [1.165, 1.54) is 0 Å². The molecule has 0 saturated heterocycles. The van der Waals surface area contributed by atoms with Crippen molar-refractivity contribution < 1.29 is 10.2 Å². The van der Waals surface area contributed by atoms with Gasteiger partial charge in [0, 0.05) is 0 Å². The number of hydrogen-bond acceptors (Lipinski definition) is 4. The molecule has 0 saturated carbocycles. The molecule has 1 unspecified atom stereocenters. The molecule has 4 N–H and O–H groups in total. The zero-order chi connectivity index (χ0) is 6.41. The van der Waals surface area contributed by atoms with Crippen LogP contribution < -0.4 is 5.84 Å². The van der Waals surface area contributed by atoms with Crippen LogP contribution >= 0.6 is 0 Å². The van der Waals surface area contributed by atoms with Crippen LogP contribution in [0.25, 0.3) is 0 Å². The molecule has 0 fully saturated rings. The van der Waals surface area contributed by atoms with Gasteiger partial charge in [-0.05, 0) is 0 Å². The molecular formula is C3H9N3O2. The fraction of sp³-hybridized carbons (Fsp3) is 1.00. The number of nitrogens with zero attached hydrogens (tertiary/aromatic N) is 2. The summed E-state index contributed by atoms with van der Waals surface area (Å²) in [6.45, 7) is -0.244. The molecular weight excluding hydrogens is 110 g/mol. The topological polar surface area (TPSA) is 91.2 Å². The van der Waals surface area contributed by atoms with E-state index in [0.717, 1.165) is 0 Å². The Labute approximate surface area is 46.8 Å². The van der Waals surface area contributed by atoms with Gasteiger partial charge in [-0.15, -0.1) is 0 Å². The lowest BCUT2D eigenvalue weighted by atomic mass is 10.4. The fourth-order valence-electron chi connectivity index (χ4n) is 0.199. The van der Waals surface area contributed by atoms with Crippen LogP contribution in [-0.2, 0) is 0 Å². The number of aliphatic hydroxyl groups excluding tert-OH is 2. The van der Waals surface area contributed by atoms with Gasteiger partial charge in [0.15, 0.2) is 0 Å². The van der Waals surface area contributed by atoms with E-state index in [9.17, 15) is 0 Å². The summed E-state index contributed by atoms with van der Waals surface area (Å²) in [6.07, 6.45) is -0.831. The molecule has 5 heteroatoms. The number of aliphatic hydroxyl groups is 2. The molecule has 0 radical (unpaired) electrons. The minimum absolute atomic E-state index is 0.0625. The van der Waals surface area contributed by atoms with Crippen LogP contribution in [-0.4, -0.2) is 29.5 Å². The molecule has 0 bridgehead atoms. The van der Waals surface area contributed by atoms with Gasteiger partial charge in [0.2, 0.25) is 0 Å². The van der Waals surface area contributed by atoms with Gasteiger partial charge in [-0.3, -0.25) is 0 Å². The Morgan fingerprint density at radius 2 is 2.25 bits per heavy atom. The molecule has 48 valence electrons. The van der Waals surface area contributed by atoms with Gasteiger partial charge >= 0.3 is 0 Å². The van der Waals surface area contributed by atoms with Gasteiger partial charge in [0.05, 0.1) is 19.3 Å². The monoisotopic (exact) mass is 119 g/mol. The van der Waals surface area contributed by atoms with Crippen LogP contribution in [0, 0.1) is 0 Å². The summed E-state index contributed by atoms with van der Waals surface area (Å²) in [5, 5.41) is 22.8. The Bertz CT molecular complexity index is 74.9. The average Bonchev–Trinajstić information content (AvgIpc) is 1.83. The van der Waals surface area contributed by atoms with E-state index in [1.807, 2.05) is 0 Å². The van der Waals surface area contributed by atoms with Crippen LogP contribution in [0.2, 0.25) is 0 Å². The van der Waals surface area contributed by atoms with Gasteiger partial charge in [-0.1, -0.05) is 5.22 Å². The Balaban J connectivity index is 3.10. The lowest BCUT2D eigenvalue weighted by Crippen LogP contribution is -2.15. The van der Waals surface area contributed by atoms with Crippen molar-refractivity contribution in [1.82, 2.24) is 0 Å². The minimum atomic E-state index is -0.831. The minimum Gasteiger partial charge on any atom is -0.394 e. The summed E-state index contributed by atoms with van der Waals surface area (Å²) in [7, 11) is 0. The van der Waals surface area contributed by atoms with Crippen LogP contribution in [0.4, 0.5) is 0 Å². The zero-order valence-electron chi connectivity index (χ0n) is 4.36. The molecule has 0 aromatic carbocycles. The highest BCUT2D eigenvalue weighted by Crippen LogP contribution is 1.80. The van der Waals surface area contributed by atoms with Crippen molar-refractivity contribution in [2.24, 2.45) is 16.2 Å². The van der Waals surface area contributed by atoms with Crippen molar-refractivity contribution in [2.45, 2.75) is 6.10 Å². The summed E-state index contributed by atoms with van der Waals surface area (Å²) in [5.74, 6) is 4.60. The molecule has 0 rings (SSSR count). The maximum Gasteiger partial charge on any atom is 0.0984 e. The van der Waals surface area contributed by atoms with Gasteiger partial charge in [-0.25, -0.2) is 0 Å². The highest BCUT2D eigenvalue weighted by molar-refractivity contribution is 4.51. The van der Waals surface area contributed by atoms with Crippen molar-refractivity contribution in [3.8, 4) is 0 Å². The van der Waals surface area contributed by atoms with Crippen LogP contribution in [0.3, 0.4) is 0 Å². The standard InChI is InChI=1S/C3H9N3O2/c4-6-5-1-3(8)2-7/h3,7-8H,1-2H2,(H2,4,5). The molecule has 0 heterocycles. The Hall–Kier alpha value is -0.680.